The van der Waals surface area contributed by atoms with Gasteiger partial charge in [-0.25, -0.2) is 0 Å². The van der Waals surface area contributed by atoms with Crippen LogP contribution in [0.5, 0.6) is 0 Å². The van der Waals surface area contributed by atoms with E-state index >= 15 is 0 Å². The fourth-order valence-electron chi connectivity index (χ4n) is 0.632. The van der Waals surface area contributed by atoms with Crippen molar-refractivity contribution in [3.05, 3.63) is 0 Å². The van der Waals surface area contributed by atoms with Crippen LogP contribution in [-0.4, -0.2) is 23.7 Å². The highest BCUT2D eigenvalue weighted by molar-refractivity contribution is 5.85. The minimum absolute atomic E-state index is 0. The van der Waals surface area contributed by atoms with E-state index in [1.54, 1.807) is 0 Å². The van der Waals surface area contributed by atoms with Crippen LogP contribution in [0.1, 0.15) is 19.3 Å². The molecule has 0 saturated heterocycles. The van der Waals surface area contributed by atoms with E-state index in [0.29, 0.717) is 13.0 Å². The molecule has 12 heavy (non-hydrogen) atoms. The Bertz CT molecular complexity index is 114. The number of aliphatic carboxylic acids is 1. The van der Waals surface area contributed by atoms with Crippen LogP contribution in [0.4, 0.5) is 0 Å². The summed E-state index contributed by atoms with van der Waals surface area (Å²) in [5, 5.41) is 8.33. The van der Waals surface area contributed by atoms with Crippen molar-refractivity contribution < 1.29 is 9.90 Å². The van der Waals surface area contributed by atoms with Gasteiger partial charge in [0.15, 0.2) is 0 Å². The lowest BCUT2D eigenvalue weighted by molar-refractivity contribution is -0.138. The number of unbranched alkanes of at least 4 members (excludes halogenated alkanes) is 1. The van der Waals surface area contributed by atoms with E-state index < -0.39 is 12.0 Å². The average molecular weight is 221 g/mol. The second-order valence-electron chi connectivity index (χ2n) is 2.23. The number of carboxylic acid groups (broad SMARTS) is 1. The first-order chi connectivity index (χ1) is 4.68. The Morgan fingerprint density at radius 3 is 2.17 bits per heavy atom. The van der Waals surface area contributed by atoms with Gasteiger partial charge in [-0.3, -0.25) is 4.79 Å². The zero-order valence-corrected chi connectivity index (χ0v) is 8.37. The SMILES string of the molecule is Cl.Cl.NC(CCC[13CH2][15NH2])C(=O)O. The summed E-state index contributed by atoms with van der Waals surface area (Å²) < 4.78 is 0. The van der Waals surface area contributed by atoms with Crippen LogP contribution >= 0.6 is 24.8 Å². The molecule has 0 bridgehead atoms. The molecule has 6 heteroatoms. The van der Waals surface area contributed by atoms with E-state index in [2.05, 4.69) is 0 Å². The van der Waals surface area contributed by atoms with E-state index in [0.717, 1.165) is 12.8 Å². The highest BCUT2D eigenvalue weighted by Gasteiger charge is 2.09. The predicted molar refractivity (Wildman–Crippen MR) is 53.0 cm³/mol. The Morgan fingerprint density at radius 2 is 1.83 bits per heavy atom. The maximum atomic E-state index is 10.1. The normalized spacial score (nSPS) is 10.8. The molecule has 76 valence electrons. The van der Waals surface area contributed by atoms with Crippen molar-refractivity contribution >= 4 is 30.8 Å². The first-order valence-electron chi connectivity index (χ1n) is 3.37. The van der Waals surface area contributed by atoms with Gasteiger partial charge in [0, 0.05) is 0 Å². The first kappa shape index (κ1) is 17.9. The largest absolute Gasteiger partial charge is 0.480 e. The summed E-state index contributed by atoms with van der Waals surface area (Å²) in [5.41, 5.74) is 10.4. The smallest absolute Gasteiger partial charge is 0.320 e. The van der Waals surface area contributed by atoms with E-state index in [4.69, 9.17) is 16.6 Å². The molecule has 0 aliphatic heterocycles. The zero-order valence-electron chi connectivity index (χ0n) is 6.73. The third kappa shape index (κ3) is 9.97. The van der Waals surface area contributed by atoms with Crippen molar-refractivity contribution in [1.82, 2.24) is 0 Å². The Morgan fingerprint density at radius 1 is 1.33 bits per heavy atom. The van der Waals surface area contributed by atoms with Crippen LogP contribution in [0.3, 0.4) is 0 Å². The van der Waals surface area contributed by atoms with Gasteiger partial charge in [0.25, 0.3) is 0 Å². The summed E-state index contributed by atoms with van der Waals surface area (Å²) in [7, 11) is 0. The molecule has 0 radical (unpaired) electrons. The van der Waals surface area contributed by atoms with E-state index in [9.17, 15) is 4.79 Å². The van der Waals surface area contributed by atoms with Gasteiger partial charge in [0.2, 0.25) is 0 Å². The van der Waals surface area contributed by atoms with Gasteiger partial charge in [0.1, 0.15) is 6.04 Å². The average Bonchev–Trinajstić information content (AvgIpc) is 1.88. The molecule has 0 rings (SSSR count). The van der Waals surface area contributed by atoms with Crippen LogP contribution in [0, 0.1) is 0 Å². The number of carboxylic acids is 1. The quantitative estimate of drug-likeness (QED) is 0.355. The molecule has 0 amide bonds. The standard InChI is InChI=1S/C6H14N2O2.2ClH/c7-4-2-1-3-5(8)6(9)10;;/h5H,1-4,7-8H2,(H,9,10);2*1H/i4+1,7+1;;. The molecular formula is C6H16Cl2N2O2. The van der Waals surface area contributed by atoms with Crippen molar-refractivity contribution in [3.63, 3.8) is 0 Å². The maximum absolute atomic E-state index is 10.1. The molecule has 0 aliphatic rings. The Hall–Kier alpha value is -0.0300. The minimum atomic E-state index is -0.933. The highest BCUT2D eigenvalue weighted by Crippen LogP contribution is 1.96. The maximum Gasteiger partial charge on any atom is 0.320 e. The van der Waals surface area contributed by atoms with Crippen molar-refractivity contribution in [2.75, 3.05) is 6.54 Å². The summed E-state index contributed by atoms with van der Waals surface area (Å²) in [6, 6.07) is -0.716. The van der Waals surface area contributed by atoms with Gasteiger partial charge in [-0.2, -0.15) is 0 Å². The van der Waals surface area contributed by atoms with Gasteiger partial charge in [0.05, 0.1) is 0 Å². The van der Waals surface area contributed by atoms with E-state index in [-0.39, 0.29) is 24.8 Å². The molecule has 0 spiro atoms. The van der Waals surface area contributed by atoms with Gasteiger partial charge >= 0.3 is 5.97 Å². The fraction of sp³-hybridized carbons (Fsp3) is 0.833. The number of rotatable bonds is 5. The van der Waals surface area contributed by atoms with Crippen LogP contribution in [0.2, 0.25) is 0 Å². The molecule has 0 aromatic heterocycles. The summed E-state index contributed by atoms with van der Waals surface area (Å²) in [4.78, 5) is 10.1. The van der Waals surface area contributed by atoms with Gasteiger partial charge < -0.3 is 16.6 Å². The molecule has 1 unspecified atom stereocenters. The molecule has 5 N–H and O–H groups in total. The van der Waals surface area contributed by atoms with Crippen molar-refractivity contribution in [3.8, 4) is 0 Å². The van der Waals surface area contributed by atoms with Crippen molar-refractivity contribution in [2.45, 2.75) is 25.3 Å². The number of hydrogen-bond donors (Lipinski definition) is 3. The summed E-state index contributed by atoms with van der Waals surface area (Å²) in [6.45, 7) is 0.604. The number of nitrogens with two attached hydrogens (primary N) is 2. The summed E-state index contributed by atoms with van der Waals surface area (Å²) in [5.74, 6) is -0.933. The molecule has 0 aliphatic carbocycles. The van der Waals surface area contributed by atoms with Crippen LogP contribution in [0.25, 0.3) is 0 Å². The lowest BCUT2D eigenvalue weighted by Crippen LogP contribution is -2.29. The van der Waals surface area contributed by atoms with Crippen molar-refractivity contribution in [2.24, 2.45) is 11.5 Å². The zero-order chi connectivity index (χ0) is 7.98. The molecule has 0 aromatic rings. The van der Waals surface area contributed by atoms with Crippen LogP contribution < -0.4 is 11.5 Å². The summed E-state index contributed by atoms with van der Waals surface area (Å²) in [6.07, 6.45) is 2.16. The third-order valence-electron chi connectivity index (χ3n) is 1.29. The monoisotopic (exact) mass is 220 g/mol. The Balaban J connectivity index is -0.000000405. The molecular weight excluding hydrogens is 205 g/mol. The van der Waals surface area contributed by atoms with E-state index in [1.807, 2.05) is 0 Å². The lowest BCUT2D eigenvalue weighted by Gasteiger charge is -2.03. The van der Waals surface area contributed by atoms with Gasteiger partial charge in [-0.05, 0) is 19.4 Å². The number of carbonyl (C=O) groups is 1. The van der Waals surface area contributed by atoms with Crippen LogP contribution in [0.15, 0.2) is 0 Å². The predicted octanol–water partition coefficient (Wildman–Crippen LogP) is 0.371. The molecule has 0 heterocycles. The lowest BCUT2D eigenvalue weighted by atomic mass is 10.1. The van der Waals surface area contributed by atoms with Crippen molar-refractivity contribution in [1.29, 1.82) is 0 Å². The second-order valence-corrected chi connectivity index (χ2v) is 2.23. The molecule has 0 aromatic carbocycles. The summed E-state index contributed by atoms with van der Waals surface area (Å²) >= 11 is 0. The van der Waals surface area contributed by atoms with Crippen LogP contribution in [-0.2, 0) is 4.79 Å². The first-order valence-corrected chi connectivity index (χ1v) is 3.37. The fourth-order valence-corrected chi connectivity index (χ4v) is 0.632. The van der Waals surface area contributed by atoms with Gasteiger partial charge in [-0.15, -0.1) is 24.8 Å². The molecule has 4 nitrogen and oxygen atoms in total. The second kappa shape index (κ2) is 11.0. The van der Waals surface area contributed by atoms with Gasteiger partial charge in [-0.1, -0.05) is 6.42 Å². The third-order valence-corrected chi connectivity index (χ3v) is 1.29. The van der Waals surface area contributed by atoms with E-state index in [1.165, 1.54) is 0 Å². The highest BCUT2D eigenvalue weighted by atomic mass is 35.5. The minimum Gasteiger partial charge on any atom is -0.480 e. The topological polar surface area (TPSA) is 89.3 Å². The molecule has 1 atom stereocenters. The number of halogens is 2. The molecule has 0 saturated carbocycles. The Labute approximate surface area is 84.5 Å². The Kier molecular flexibility index (Phi) is 16.4. The molecule has 0 fully saturated rings. The number of hydrogen-bond acceptors (Lipinski definition) is 3.